The van der Waals surface area contributed by atoms with Crippen LogP contribution in [-0.2, 0) is 11.1 Å². The number of benzene rings is 4. The average Bonchev–Trinajstić information content (AvgIpc) is 2.98. The van der Waals surface area contributed by atoms with E-state index in [0.717, 1.165) is 11.4 Å². The summed E-state index contributed by atoms with van der Waals surface area (Å²) in [6.45, 7) is 9.30. The van der Waals surface area contributed by atoms with Crippen molar-refractivity contribution in [3.63, 3.8) is 0 Å². The van der Waals surface area contributed by atoms with Crippen LogP contribution in [0.4, 0.5) is 17.1 Å². The maximum Gasteiger partial charge on any atom is 0.0540 e. The van der Waals surface area contributed by atoms with E-state index in [1.54, 1.807) is 0 Å². The van der Waals surface area contributed by atoms with Crippen LogP contribution in [0.15, 0.2) is 103 Å². The van der Waals surface area contributed by atoms with Crippen LogP contribution >= 0.6 is 0 Å². The number of hydrogen-bond acceptors (Lipinski definition) is 2. The van der Waals surface area contributed by atoms with Crippen molar-refractivity contribution in [1.82, 2.24) is 4.90 Å². The Morgan fingerprint density at radius 2 is 1.09 bits per heavy atom. The Bertz CT molecular complexity index is 1230. The first-order valence-corrected chi connectivity index (χ1v) is 11.7. The molecule has 2 heteroatoms. The Morgan fingerprint density at radius 1 is 0.576 bits per heavy atom. The quantitative estimate of drug-likeness (QED) is 0.320. The molecule has 0 atom stereocenters. The van der Waals surface area contributed by atoms with Gasteiger partial charge in [-0.3, -0.25) is 4.90 Å². The third-order valence-electron chi connectivity index (χ3n) is 7.50. The minimum absolute atomic E-state index is 0.0109. The van der Waals surface area contributed by atoms with Crippen molar-refractivity contribution >= 4 is 17.1 Å². The van der Waals surface area contributed by atoms with E-state index in [4.69, 9.17) is 0 Å². The maximum absolute atomic E-state index is 2.49. The summed E-state index contributed by atoms with van der Waals surface area (Å²) < 4.78 is 0. The van der Waals surface area contributed by atoms with Crippen LogP contribution in [0.25, 0.3) is 11.1 Å². The van der Waals surface area contributed by atoms with E-state index in [2.05, 4.69) is 148 Å². The number of para-hydroxylation sites is 3. The smallest absolute Gasteiger partial charge is 0.0540 e. The molecule has 1 aliphatic heterocycles. The minimum atomic E-state index is -0.0255. The highest BCUT2D eigenvalue weighted by Gasteiger charge is 2.46. The maximum atomic E-state index is 2.49. The molecule has 2 nitrogen and oxygen atoms in total. The summed E-state index contributed by atoms with van der Waals surface area (Å²) in [5.41, 5.74) is 8.78. The first kappa shape index (κ1) is 21.5. The lowest BCUT2D eigenvalue weighted by molar-refractivity contribution is 0.0730. The molecule has 0 saturated carbocycles. The molecule has 5 rings (SSSR count). The number of nitrogens with zero attached hydrogens (tertiary/aromatic N) is 2. The third-order valence-corrected chi connectivity index (χ3v) is 7.50. The van der Waals surface area contributed by atoms with Gasteiger partial charge in [-0.15, -0.1) is 0 Å². The van der Waals surface area contributed by atoms with Crippen molar-refractivity contribution in [1.29, 1.82) is 0 Å². The van der Waals surface area contributed by atoms with Crippen molar-refractivity contribution in [2.45, 2.75) is 38.8 Å². The van der Waals surface area contributed by atoms with Crippen molar-refractivity contribution in [3.05, 3.63) is 114 Å². The summed E-state index contributed by atoms with van der Waals surface area (Å²) >= 11 is 0. The van der Waals surface area contributed by atoms with Crippen LogP contribution in [0.5, 0.6) is 0 Å². The van der Waals surface area contributed by atoms with E-state index in [0.29, 0.717) is 0 Å². The fourth-order valence-corrected chi connectivity index (χ4v) is 5.31. The van der Waals surface area contributed by atoms with E-state index in [1.165, 1.54) is 27.9 Å². The Balaban J connectivity index is 1.70. The zero-order valence-electron chi connectivity index (χ0n) is 20.2. The highest BCUT2D eigenvalue weighted by molar-refractivity contribution is 5.88. The lowest BCUT2D eigenvalue weighted by atomic mass is 9.87. The molecule has 0 aromatic heterocycles. The van der Waals surface area contributed by atoms with E-state index < -0.39 is 0 Å². The van der Waals surface area contributed by atoms with Gasteiger partial charge < -0.3 is 4.90 Å². The van der Waals surface area contributed by atoms with Gasteiger partial charge in [-0.1, -0.05) is 66.7 Å². The largest absolute Gasteiger partial charge is 0.310 e. The molecule has 1 aliphatic rings. The van der Waals surface area contributed by atoms with Gasteiger partial charge in [0, 0.05) is 28.0 Å². The predicted octanol–water partition coefficient (Wildman–Crippen LogP) is 8.24. The highest BCUT2D eigenvalue weighted by atomic mass is 15.2. The van der Waals surface area contributed by atoms with E-state index in [9.17, 15) is 0 Å². The van der Waals surface area contributed by atoms with Crippen LogP contribution in [0.3, 0.4) is 0 Å². The zero-order chi connectivity index (χ0) is 23.2. The van der Waals surface area contributed by atoms with Crippen molar-refractivity contribution in [2.24, 2.45) is 0 Å². The fourth-order valence-electron chi connectivity index (χ4n) is 5.31. The van der Waals surface area contributed by atoms with Crippen molar-refractivity contribution in [3.8, 4) is 11.1 Å². The summed E-state index contributed by atoms with van der Waals surface area (Å²) in [5.74, 6) is 0. The van der Waals surface area contributed by atoms with E-state index >= 15 is 0 Å². The molecule has 4 aromatic rings. The van der Waals surface area contributed by atoms with Crippen molar-refractivity contribution in [2.75, 3.05) is 11.9 Å². The SMILES string of the molecule is CN1C(C)(C)c2ccc(-c3ccccc3N(c3ccccc3)c3ccccc3)cc2C1(C)C. The van der Waals surface area contributed by atoms with Gasteiger partial charge in [0.15, 0.2) is 0 Å². The Kier molecular flexibility index (Phi) is 5.14. The highest BCUT2D eigenvalue weighted by Crippen LogP contribution is 2.50. The molecule has 0 spiro atoms. The summed E-state index contributed by atoms with van der Waals surface area (Å²) in [6.07, 6.45) is 0. The zero-order valence-corrected chi connectivity index (χ0v) is 20.2. The second-order valence-corrected chi connectivity index (χ2v) is 9.96. The normalized spacial score (nSPS) is 16.4. The average molecular weight is 433 g/mol. The monoisotopic (exact) mass is 432 g/mol. The lowest BCUT2D eigenvalue weighted by Crippen LogP contribution is -2.42. The molecule has 0 aliphatic carbocycles. The molecular weight excluding hydrogens is 400 g/mol. The molecule has 166 valence electrons. The van der Waals surface area contributed by atoms with Gasteiger partial charge in [0.05, 0.1) is 5.69 Å². The molecule has 4 aromatic carbocycles. The molecule has 0 saturated heterocycles. The van der Waals surface area contributed by atoms with E-state index in [-0.39, 0.29) is 11.1 Å². The van der Waals surface area contributed by atoms with Gasteiger partial charge in [-0.25, -0.2) is 0 Å². The summed E-state index contributed by atoms with van der Waals surface area (Å²) in [5, 5.41) is 0. The van der Waals surface area contributed by atoms with Crippen LogP contribution in [-0.4, -0.2) is 11.9 Å². The van der Waals surface area contributed by atoms with Gasteiger partial charge in [0.1, 0.15) is 0 Å². The third kappa shape index (κ3) is 3.46. The minimum Gasteiger partial charge on any atom is -0.310 e. The lowest BCUT2D eigenvalue weighted by Gasteiger charge is -2.37. The number of hydrogen-bond donors (Lipinski definition) is 0. The first-order valence-electron chi connectivity index (χ1n) is 11.7. The molecule has 33 heavy (non-hydrogen) atoms. The Morgan fingerprint density at radius 3 is 1.70 bits per heavy atom. The van der Waals surface area contributed by atoms with Crippen molar-refractivity contribution < 1.29 is 0 Å². The van der Waals surface area contributed by atoms with Crippen LogP contribution in [0, 0.1) is 0 Å². The number of rotatable bonds is 4. The molecule has 1 heterocycles. The molecule has 0 radical (unpaired) electrons. The fraction of sp³-hybridized carbons (Fsp3) is 0.226. The molecule has 0 N–H and O–H groups in total. The Labute approximate surface area is 198 Å². The van der Waals surface area contributed by atoms with Gasteiger partial charge in [-0.2, -0.15) is 0 Å². The van der Waals surface area contributed by atoms with Crippen LogP contribution < -0.4 is 4.90 Å². The second kappa shape index (κ2) is 7.90. The molecule has 0 unspecified atom stereocenters. The molecule has 0 fully saturated rings. The van der Waals surface area contributed by atoms with Gasteiger partial charge in [-0.05, 0) is 87.8 Å². The van der Waals surface area contributed by atoms with E-state index in [1.807, 2.05) is 0 Å². The molecule has 0 amide bonds. The Hall–Kier alpha value is -3.36. The van der Waals surface area contributed by atoms with Crippen LogP contribution in [0.1, 0.15) is 38.8 Å². The van der Waals surface area contributed by atoms with Crippen LogP contribution in [0.2, 0.25) is 0 Å². The molecule has 0 bridgehead atoms. The summed E-state index contributed by atoms with van der Waals surface area (Å²) in [6, 6.07) is 37.0. The van der Waals surface area contributed by atoms with Gasteiger partial charge in [0.2, 0.25) is 0 Å². The second-order valence-electron chi connectivity index (χ2n) is 9.96. The first-order chi connectivity index (χ1) is 15.8. The molecular formula is C31H32N2. The van der Waals surface area contributed by atoms with Gasteiger partial charge >= 0.3 is 0 Å². The topological polar surface area (TPSA) is 6.48 Å². The van der Waals surface area contributed by atoms with Gasteiger partial charge in [0.25, 0.3) is 0 Å². The number of anilines is 3. The predicted molar refractivity (Wildman–Crippen MR) is 140 cm³/mol. The summed E-state index contributed by atoms with van der Waals surface area (Å²) in [7, 11) is 2.24. The summed E-state index contributed by atoms with van der Waals surface area (Å²) in [4.78, 5) is 4.84. The number of fused-ring (bicyclic) bond motifs is 1. The standard InChI is InChI=1S/C31H32N2/c1-30(2)27-21-20-23(22-28(27)31(3,4)32(30)5)26-18-12-13-19-29(26)33(24-14-8-6-9-15-24)25-16-10-7-11-17-25/h6-22H,1-5H3.